The van der Waals surface area contributed by atoms with E-state index in [9.17, 15) is 29.2 Å². The average molecular weight is 821 g/mol. The first-order valence-corrected chi connectivity index (χ1v) is 20.8. The van der Waals surface area contributed by atoms with Gasteiger partial charge in [0.25, 0.3) is 17.7 Å². The Morgan fingerprint density at radius 3 is 2.22 bits per heavy atom. The van der Waals surface area contributed by atoms with E-state index in [4.69, 9.17) is 21.1 Å². The Bertz CT molecular complexity index is 2230. The second-order valence-electron chi connectivity index (χ2n) is 17.6. The summed E-state index contributed by atoms with van der Waals surface area (Å²) in [5.41, 5.74) is 2.77. The standard InChI is InChI=1S/C45H49ClN6O7/c1-44(2)42(45(3,4)43(44)59-32-11-7-28(23-47)35(46)22-32)49-38(54)27-5-8-29(9-6-27)51-18-15-26(24-51)25-58-31-16-19-50(20-17-31)30-10-12-33-34(21-30)41(57)52(40(33)56)36-13-14-37(53)48-39(36)55/h5-12,21-22,26,31,36,42-43H,13-20,24-25H2,1-4H3,(H,49,54)(H,48,53,55)/t26?,36?,42-,43-. The number of rotatable bonds is 10. The van der Waals surface area contributed by atoms with Gasteiger partial charge < -0.3 is 24.6 Å². The van der Waals surface area contributed by atoms with Gasteiger partial charge in [-0.3, -0.25) is 34.2 Å². The summed E-state index contributed by atoms with van der Waals surface area (Å²) >= 11 is 6.25. The molecule has 5 aliphatic rings. The van der Waals surface area contributed by atoms with Crippen molar-refractivity contribution in [3.05, 3.63) is 87.9 Å². The summed E-state index contributed by atoms with van der Waals surface area (Å²) in [6.45, 7) is 12.3. The van der Waals surface area contributed by atoms with Crippen molar-refractivity contribution in [1.82, 2.24) is 15.5 Å². The van der Waals surface area contributed by atoms with Gasteiger partial charge in [-0.1, -0.05) is 39.3 Å². The van der Waals surface area contributed by atoms with Crippen LogP contribution in [0.15, 0.2) is 60.7 Å². The van der Waals surface area contributed by atoms with Crippen molar-refractivity contribution in [2.75, 3.05) is 42.6 Å². The van der Waals surface area contributed by atoms with Gasteiger partial charge in [-0.05, 0) is 80.3 Å². The van der Waals surface area contributed by atoms with E-state index in [1.807, 2.05) is 30.3 Å². The van der Waals surface area contributed by atoms with Gasteiger partial charge in [-0.2, -0.15) is 5.26 Å². The molecule has 8 rings (SSSR count). The fourth-order valence-electron chi connectivity index (χ4n) is 10.0. The van der Waals surface area contributed by atoms with Crippen LogP contribution in [0.4, 0.5) is 11.4 Å². The van der Waals surface area contributed by atoms with Crippen LogP contribution in [0.2, 0.25) is 5.02 Å². The fraction of sp³-hybridized carbons (Fsp3) is 0.467. The number of nitriles is 1. The Kier molecular flexibility index (Phi) is 10.7. The third-order valence-corrected chi connectivity index (χ3v) is 13.3. The van der Waals surface area contributed by atoms with Crippen LogP contribution in [0.25, 0.3) is 0 Å². The highest BCUT2D eigenvalue weighted by atomic mass is 35.5. The van der Waals surface area contributed by atoms with E-state index in [0.717, 1.165) is 61.7 Å². The van der Waals surface area contributed by atoms with Crippen molar-refractivity contribution in [3.8, 4) is 11.8 Å². The van der Waals surface area contributed by atoms with E-state index in [0.29, 0.717) is 34.4 Å². The molecule has 0 aromatic heterocycles. The SMILES string of the molecule is CC1(C)[C@H](NC(=O)c2ccc(N3CCC(COC4CCN(c5ccc6c(c5)C(=O)N(C5CCC(=O)NC5=O)C6=O)CC4)C3)cc2)C(C)(C)[C@H]1Oc1ccc(C#N)c(Cl)c1. The van der Waals surface area contributed by atoms with Crippen molar-refractivity contribution >= 4 is 52.5 Å². The Balaban J connectivity index is 0.787. The number of carbonyl (C=O) groups excluding carboxylic acids is 5. The van der Waals surface area contributed by atoms with E-state index in [1.54, 1.807) is 30.3 Å². The van der Waals surface area contributed by atoms with Gasteiger partial charge in [-0.15, -0.1) is 0 Å². The highest BCUT2D eigenvalue weighted by molar-refractivity contribution is 6.31. The van der Waals surface area contributed by atoms with Crippen molar-refractivity contribution in [1.29, 1.82) is 5.26 Å². The molecule has 14 heteroatoms. The third kappa shape index (κ3) is 7.53. The molecule has 4 fully saturated rings. The molecule has 3 aromatic rings. The molecule has 3 aromatic carbocycles. The number of imide groups is 2. The van der Waals surface area contributed by atoms with Gasteiger partial charge in [-0.25, -0.2) is 0 Å². The van der Waals surface area contributed by atoms with Gasteiger partial charge in [0.1, 0.15) is 24.0 Å². The van der Waals surface area contributed by atoms with Crippen LogP contribution >= 0.6 is 11.6 Å². The highest BCUT2D eigenvalue weighted by Crippen LogP contribution is 2.55. The zero-order valence-electron chi connectivity index (χ0n) is 33.8. The molecule has 2 atom stereocenters. The fourth-order valence-corrected chi connectivity index (χ4v) is 10.3. The number of hydrogen-bond donors (Lipinski definition) is 2. The number of fused-ring (bicyclic) bond motifs is 1. The molecule has 13 nitrogen and oxygen atoms in total. The first-order chi connectivity index (χ1) is 28.1. The normalized spacial score (nSPS) is 25.0. The molecule has 59 heavy (non-hydrogen) atoms. The second-order valence-corrected chi connectivity index (χ2v) is 18.1. The van der Waals surface area contributed by atoms with Gasteiger partial charge in [0, 0.05) is 78.4 Å². The van der Waals surface area contributed by atoms with E-state index in [1.165, 1.54) is 0 Å². The van der Waals surface area contributed by atoms with Crippen LogP contribution in [-0.4, -0.2) is 91.5 Å². The molecule has 5 amide bonds. The molecule has 0 spiro atoms. The molecule has 0 bridgehead atoms. The summed E-state index contributed by atoms with van der Waals surface area (Å²) in [5.74, 6) is -1.17. The third-order valence-electron chi connectivity index (χ3n) is 13.0. The number of nitrogens with one attached hydrogen (secondary N) is 2. The summed E-state index contributed by atoms with van der Waals surface area (Å²) in [4.78, 5) is 69.5. The first-order valence-electron chi connectivity index (χ1n) is 20.4. The number of nitrogens with zero attached hydrogens (tertiary/aromatic N) is 4. The predicted molar refractivity (Wildman–Crippen MR) is 220 cm³/mol. The van der Waals surface area contributed by atoms with Crippen LogP contribution < -0.4 is 25.2 Å². The topological polar surface area (TPSA) is 161 Å². The number of amides is 5. The van der Waals surface area contributed by atoms with Crippen LogP contribution in [0.3, 0.4) is 0 Å². The largest absolute Gasteiger partial charge is 0.489 e. The maximum Gasteiger partial charge on any atom is 0.262 e. The number of carbonyl (C=O) groups is 5. The Morgan fingerprint density at radius 2 is 1.54 bits per heavy atom. The van der Waals surface area contributed by atoms with Crippen molar-refractivity contribution < 1.29 is 33.4 Å². The maximum absolute atomic E-state index is 13.5. The summed E-state index contributed by atoms with van der Waals surface area (Å²) < 4.78 is 12.8. The van der Waals surface area contributed by atoms with Crippen molar-refractivity contribution in [2.24, 2.45) is 16.7 Å². The minimum absolute atomic E-state index is 0.0828. The molecule has 2 N–H and O–H groups in total. The van der Waals surface area contributed by atoms with E-state index < -0.39 is 29.7 Å². The van der Waals surface area contributed by atoms with E-state index >= 15 is 0 Å². The van der Waals surface area contributed by atoms with Crippen molar-refractivity contribution in [3.63, 3.8) is 0 Å². The smallest absolute Gasteiger partial charge is 0.262 e. The zero-order chi connectivity index (χ0) is 41.8. The molecule has 1 saturated carbocycles. The van der Waals surface area contributed by atoms with Crippen LogP contribution in [0.5, 0.6) is 5.75 Å². The zero-order valence-corrected chi connectivity index (χ0v) is 34.5. The molecule has 0 radical (unpaired) electrons. The summed E-state index contributed by atoms with van der Waals surface area (Å²) in [7, 11) is 0. The number of piperidine rings is 2. The minimum atomic E-state index is -0.985. The number of ether oxygens (including phenoxy) is 2. The van der Waals surface area contributed by atoms with Crippen LogP contribution in [0, 0.1) is 28.1 Å². The molecule has 3 saturated heterocycles. The monoisotopic (exact) mass is 820 g/mol. The predicted octanol–water partition coefficient (Wildman–Crippen LogP) is 5.74. The number of anilines is 2. The summed E-state index contributed by atoms with van der Waals surface area (Å²) in [5, 5.41) is 15.1. The minimum Gasteiger partial charge on any atom is -0.489 e. The molecular weight excluding hydrogens is 772 g/mol. The molecule has 308 valence electrons. The van der Waals surface area contributed by atoms with Gasteiger partial charge >= 0.3 is 0 Å². The molecule has 4 aliphatic heterocycles. The van der Waals surface area contributed by atoms with Crippen molar-refractivity contribution in [2.45, 2.75) is 84.1 Å². The lowest BCUT2D eigenvalue weighted by Gasteiger charge is -2.63. The Hall–Kier alpha value is -5.45. The van der Waals surface area contributed by atoms with E-state index in [-0.39, 0.29) is 59.0 Å². The second kappa shape index (κ2) is 15.6. The number of hydrogen-bond acceptors (Lipinski definition) is 10. The molecular formula is C45H49ClN6O7. The summed E-state index contributed by atoms with van der Waals surface area (Å²) in [6, 6.07) is 19.1. The van der Waals surface area contributed by atoms with Gasteiger partial charge in [0.15, 0.2) is 0 Å². The van der Waals surface area contributed by atoms with Crippen LogP contribution in [0.1, 0.15) is 96.4 Å². The molecule has 2 unspecified atom stereocenters. The van der Waals surface area contributed by atoms with Crippen LogP contribution in [-0.2, 0) is 14.3 Å². The first kappa shape index (κ1) is 40.3. The lowest BCUT2D eigenvalue weighted by atomic mass is 9.49. The quantitative estimate of drug-likeness (QED) is 0.242. The van der Waals surface area contributed by atoms with E-state index in [2.05, 4.69) is 54.2 Å². The Labute approximate surface area is 348 Å². The lowest BCUT2D eigenvalue weighted by Crippen LogP contribution is -2.74. The summed E-state index contributed by atoms with van der Waals surface area (Å²) in [6.07, 6.45) is 2.83. The average Bonchev–Trinajstić information content (AvgIpc) is 3.80. The molecule has 1 aliphatic carbocycles. The van der Waals surface area contributed by atoms with Gasteiger partial charge in [0.2, 0.25) is 11.8 Å². The van der Waals surface area contributed by atoms with Gasteiger partial charge in [0.05, 0.1) is 34.4 Å². The lowest BCUT2D eigenvalue weighted by molar-refractivity contribution is -0.164. The maximum atomic E-state index is 13.5. The number of benzene rings is 3. The Morgan fingerprint density at radius 1 is 0.864 bits per heavy atom. The molecule has 4 heterocycles. The highest BCUT2D eigenvalue weighted by Gasteiger charge is 2.64. The number of halogens is 1.